The van der Waals surface area contributed by atoms with Crippen LogP contribution in [-0.2, 0) is 0 Å². The Morgan fingerprint density at radius 2 is 1.79 bits per heavy atom. The van der Waals surface area contributed by atoms with Crippen LogP contribution in [0.4, 0.5) is 0 Å². The fraction of sp³-hybridized carbons (Fsp3) is 0.471. The summed E-state index contributed by atoms with van der Waals surface area (Å²) >= 11 is 0. The summed E-state index contributed by atoms with van der Waals surface area (Å²) in [6, 6.07) is 10.1. The summed E-state index contributed by atoms with van der Waals surface area (Å²) in [4.78, 5) is 4.38. The van der Waals surface area contributed by atoms with E-state index >= 15 is 0 Å². The summed E-state index contributed by atoms with van der Waals surface area (Å²) in [6.07, 6.45) is 8.92. The molecule has 1 aliphatic rings. The first-order valence-electron chi connectivity index (χ1n) is 7.38. The molecular formula is C17H21NO. The van der Waals surface area contributed by atoms with Crippen molar-refractivity contribution in [2.75, 3.05) is 0 Å². The molecule has 2 aromatic rings. The lowest BCUT2D eigenvalue weighted by molar-refractivity contribution is 0.100. The van der Waals surface area contributed by atoms with E-state index in [0.29, 0.717) is 5.92 Å². The molecule has 0 bridgehead atoms. The van der Waals surface area contributed by atoms with Crippen molar-refractivity contribution in [1.82, 2.24) is 4.98 Å². The molecule has 1 aromatic carbocycles. The fourth-order valence-electron chi connectivity index (χ4n) is 3.27. The highest BCUT2D eigenvalue weighted by molar-refractivity contribution is 5.82. The average Bonchev–Trinajstić information content (AvgIpc) is 2.75. The second-order valence-electron chi connectivity index (χ2n) is 5.61. The highest BCUT2D eigenvalue weighted by Crippen LogP contribution is 2.35. The molecule has 1 aliphatic carbocycles. The Morgan fingerprint density at radius 3 is 2.58 bits per heavy atom. The van der Waals surface area contributed by atoms with E-state index in [-0.39, 0.29) is 6.10 Å². The van der Waals surface area contributed by atoms with Crippen LogP contribution >= 0.6 is 0 Å². The summed E-state index contributed by atoms with van der Waals surface area (Å²) in [5.41, 5.74) is 2.03. The van der Waals surface area contributed by atoms with Crippen LogP contribution in [-0.4, -0.2) is 10.1 Å². The van der Waals surface area contributed by atoms with Gasteiger partial charge in [-0.1, -0.05) is 43.9 Å². The Balaban J connectivity index is 1.94. The van der Waals surface area contributed by atoms with Crippen LogP contribution in [0.15, 0.2) is 36.5 Å². The Kier molecular flexibility index (Phi) is 3.79. The van der Waals surface area contributed by atoms with E-state index in [2.05, 4.69) is 17.1 Å². The molecule has 19 heavy (non-hydrogen) atoms. The molecule has 1 fully saturated rings. The number of pyridine rings is 1. The van der Waals surface area contributed by atoms with Crippen molar-refractivity contribution in [1.29, 1.82) is 0 Å². The van der Waals surface area contributed by atoms with Gasteiger partial charge in [-0.15, -0.1) is 0 Å². The van der Waals surface area contributed by atoms with Crippen molar-refractivity contribution in [2.45, 2.75) is 44.6 Å². The first-order valence-corrected chi connectivity index (χ1v) is 7.38. The maximum atomic E-state index is 10.7. The van der Waals surface area contributed by atoms with Gasteiger partial charge in [0.15, 0.2) is 0 Å². The molecule has 0 radical (unpaired) electrons. The largest absolute Gasteiger partial charge is 0.388 e. The van der Waals surface area contributed by atoms with Crippen LogP contribution in [0.2, 0.25) is 0 Å². The van der Waals surface area contributed by atoms with Crippen molar-refractivity contribution in [3.05, 3.63) is 42.1 Å². The molecule has 2 heteroatoms. The predicted molar refractivity (Wildman–Crippen MR) is 77.9 cm³/mol. The van der Waals surface area contributed by atoms with Gasteiger partial charge >= 0.3 is 0 Å². The molecule has 3 rings (SSSR count). The number of aliphatic hydroxyl groups is 1. The fourth-order valence-corrected chi connectivity index (χ4v) is 3.27. The van der Waals surface area contributed by atoms with Crippen molar-refractivity contribution in [3.63, 3.8) is 0 Å². The van der Waals surface area contributed by atoms with E-state index < -0.39 is 0 Å². The molecular weight excluding hydrogens is 234 g/mol. The van der Waals surface area contributed by atoms with Crippen LogP contribution in [0.1, 0.15) is 50.2 Å². The number of hydrogen-bond donors (Lipinski definition) is 1. The van der Waals surface area contributed by atoms with Gasteiger partial charge in [-0.2, -0.15) is 0 Å². The number of rotatable bonds is 2. The van der Waals surface area contributed by atoms with Crippen LogP contribution in [0, 0.1) is 5.92 Å². The molecule has 1 aromatic heterocycles. The van der Waals surface area contributed by atoms with Gasteiger partial charge in [0.25, 0.3) is 0 Å². The molecule has 0 spiro atoms. The molecule has 0 saturated heterocycles. The minimum absolute atomic E-state index is 0.342. The van der Waals surface area contributed by atoms with E-state index in [1.807, 2.05) is 24.4 Å². The molecule has 0 amide bonds. The standard InChI is InChI=1S/C17H21NO/c19-17(13-7-3-1-2-4-8-13)15-9-5-11-16-14(15)10-6-12-18-16/h5-6,9-13,17,19H,1-4,7-8H2. The molecule has 1 unspecified atom stereocenters. The highest BCUT2D eigenvalue weighted by atomic mass is 16.3. The van der Waals surface area contributed by atoms with Gasteiger partial charge in [0.2, 0.25) is 0 Å². The molecule has 1 saturated carbocycles. The van der Waals surface area contributed by atoms with Crippen molar-refractivity contribution < 1.29 is 5.11 Å². The number of nitrogens with zero attached hydrogens (tertiary/aromatic N) is 1. The molecule has 2 nitrogen and oxygen atoms in total. The van der Waals surface area contributed by atoms with Gasteiger partial charge in [-0.05, 0) is 36.5 Å². The van der Waals surface area contributed by atoms with Crippen LogP contribution in [0.25, 0.3) is 10.9 Å². The second kappa shape index (κ2) is 5.70. The lowest BCUT2D eigenvalue weighted by Gasteiger charge is -2.22. The normalized spacial score (nSPS) is 19.2. The van der Waals surface area contributed by atoms with E-state index in [1.165, 1.54) is 25.7 Å². The van der Waals surface area contributed by atoms with E-state index in [1.54, 1.807) is 0 Å². The Hall–Kier alpha value is -1.41. The quantitative estimate of drug-likeness (QED) is 0.814. The highest BCUT2D eigenvalue weighted by Gasteiger charge is 2.23. The Bertz CT molecular complexity index is 538. The third kappa shape index (κ3) is 2.64. The number of aliphatic hydroxyl groups excluding tert-OH is 1. The smallest absolute Gasteiger partial charge is 0.0824 e. The van der Waals surface area contributed by atoms with Crippen LogP contribution in [0.3, 0.4) is 0 Å². The Labute approximate surface area is 114 Å². The maximum Gasteiger partial charge on any atom is 0.0824 e. The predicted octanol–water partition coefficient (Wildman–Crippen LogP) is 4.24. The van der Waals surface area contributed by atoms with E-state index in [0.717, 1.165) is 29.3 Å². The summed E-state index contributed by atoms with van der Waals surface area (Å²) in [5, 5.41) is 11.8. The SMILES string of the molecule is OC(c1cccc2ncccc12)C1CCCCCC1. The zero-order valence-corrected chi connectivity index (χ0v) is 11.3. The third-order valence-corrected chi connectivity index (χ3v) is 4.34. The third-order valence-electron chi connectivity index (χ3n) is 4.34. The van der Waals surface area contributed by atoms with Gasteiger partial charge in [0.1, 0.15) is 0 Å². The topological polar surface area (TPSA) is 33.1 Å². The molecule has 0 aliphatic heterocycles. The first-order chi connectivity index (χ1) is 9.36. The average molecular weight is 255 g/mol. The molecule has 1 heterocycles. The Morgan fingerprint density at radius 1 is 1.00 bits per heavy atom. The monoisotopic (exact) mass is 255 g/mol. The minimum Gasteiger partial charge on any atom is -0.388 e. The lowest BCUT2D eigenvalue weighted by Crippen LogP contribution is -2.12. The van der Waals surface area contributed by atoms with Gasteiger partial charge in [0, 0.05) is 11.6 Å². The maximum absolute atomic E-state index is 10.7. The minimum atomic E-state index is -0.342. The van der Waals surface area contributed by atoms with Crippen LogP contribution in [0.5, 0.6) is 0 Å². The number of hydrogen-bond acceptors (Lipinski definition) is 2. The molecule has 100 valence electrons. The van der Waals surface area contributed by atoms with Crippen LogP contribution < -0.4 is 0 Å². The first kappa shape index (κ1) is 12.6. The lowest BCUT2D eigenvalue weighted by atomic mass is 9.88. The number of aromatic nitrogens is 1. The number of fused-ring (bicyclic) bond motifs is 1. The zero-order valence-electron chi connectivity index (χ0n) is 11.3. The van der Waals surface area contributed by atoms with Gasteiger partial charge in [-0.3, -0.25) is 4.98 Å². The van der Waals surface area contributed by atoms with Gasteiger partial charge in [-0.25, -0.2) is 0 Å². The summed E-state index contributed by atoms with van der Waals surface area (Å²) < 4.78 is 0. The summed E-state index contributed by atoms with van der Waals surface area (Å²) in [6.45, 7) is 0. The van der Waals surface area contributed by atoms with Crippen molar-refractivity contribution in [2.24, 2.45) is 5.92 Å². The van der Waals surface area contributed by atoms with E-state index in [9.17, 15) is 5.11 Å². The van der Waals surface area contributed by atoms with Gasteiger partial charge < -0.3 is 5.11 Å². The summed E-state index contributed by atoms with van der Waals surface area (Å²) in [5.74, 6) is 0.410. The molecule has 1 N–H and O–H groups in total. The molecule has 1 atom stereocenters. The zero-order chi connectivity index (χ0) is 13.1. The van der Waals surface area contributed by atoms with Gasteiger partial charge in [0.05, 0.1) is 11.6 Å². The van der Waals surface area contributed by atoms with E-state index in [4.69, 9.17) is 0 Å². The summed E-state index contributed by atoms with van der Waals surface area (Å²) in [7, 11) is 0. The second-order valence-corrected chi connectivity index (χ2v) is 5.61. The van der Waals surface area contributed by atoms with Crippen molar-refractivity contribution >= 4 is 10.9 Å². The number of benzene rings is 1. The van der Waals surface area contributed by atoms with Crippen molar-refractivity contribution in [3.8, 4) is 0 Å².